The molecule has 0 radical (unpaired) electrons. The predicted octanol–water partition coefficient (Wildman–Crippen LogP) is 2.16. The molecule has 0 aliphatic heterocycles. The van der Waals surface area contributed by atoms with Gasteiger partial charge in [0.1, 0.15) is 6.07 Å². The second-order valence-electron chi connectivity index (χ2n) is 4.43. The van der Waals surface area contributed by atoms with Gasteiger partial charge in [0.2, 0.25) is 0 Å². The van der Waals surface area contributed by atoms with Crippen LogP contribution in [0.1, 0.15) is 32.8 Å². The molecule has 2 N–H and O–H groups in total. The highest BCUT2D eigenvalue weighted by Gasteiger charge is 2.24. The van der Waals surface area contributed by atoms with Gasteiger partial charge in [-0.25, -0.2) is 4.98 Å². The second kappa shape index (κ2) is 4.40. The van der Waals surface area contributed by atoms with Crippen molar-refractivity contribution < 1.29 is 0 Å². The Morgan fingerprint density at radius 3 is 2.69 bits per heavy atom. The summed E-state index contributed by atoms with van der Waals surface area (Å²) < 4.78 is 0. The minimum atomic E-state index is -0.0325. The monoisotopic (exact) mass is 218 g/mol. The van der Waals surface area contributed by atoms with E-state index in [1.54, 1.807) is 12.3 Å². The Morgan fingerprint density at radius 1 is 1.56 bits per heavy atom. The molecule has 0 saturated carbocycles. The summed E-state index contributed by atoms with van der Waals surface area (Å²) >= 11 is 0. The molecule has 0 aliphatic rings. The second-order valence-corrected chi connectivity index (χ2v) is 4.43. The number of anilines is 2. The summed E-state index contributed by atoms with van der Waals surface area (Å²) in [4.78, 5) is 6.27. The lowest BCUT2D eigenvalue weighted by Crippen LogP contribution is -2.41. The van der Waals surface area contributed by atoms with E-state index in [9.17, 15) is 0 Å². The van der Waals surface area contributed by atoms with Gasteiger partial charge >= 0.3 is 0 Å². The third-order valence-corrected chi connectivity index (χ3v) is 3.18. The standard InChI is InChI=1S/C12H18N4/c1-5-12(2,3)16(4)11-10(14)9(8-13)6-7-15-11/h6-7H,5,14H2,1-4H3. The van der Waals surface area contributed by atoms with Crippen molar-refractivity contribution in [1.29, 1.82) is 5.26 Å². The number of nitrogen functional groups attached to an aromatic ring is 1. The topological polar surface area (TPSA) is 65.9 Å². The van der Waals surface area contributed by atoms with Crippen LogP contribution in [-0.2, 0) is 0 Å². The molecule has 1 aromatic rings. The fourth-order valence-electron chi connectivity index (χ4n) is 1.35. The van der Waals surface area contributed by atoms with Crippen LogP contribution in [0.5, 0.6) is 0 Å². The van der Waals surface area contributed by atoms with E-state index in [0.717, 1.165) is 6.42 Å². The summed E-state index contributed by atoms with van der Waals surface area (Å²) in [5.74, 6) is 0.672. The molecule has 4 heteroatoms. The number of aromatic nitrogens is 1. The highest BCUT2D eigenvalue weighted by Crippen LogP contribution is 2.29. The maximum Gasteiger partial charge on any atom is 0.153 e. The normalized spacial score (nSPS) is 10.9. The van der Waals surface area contributed by atoms with Crippen LogP contribution >= 0.6 is 0 Å². The smallest absolute Gasteiger partial charge is 0.153 e. The number of hydrogen-bond acceptors (Lipinski definition) is 4. The molecular formula is C12H18N4. The van der Waals surface area contributed by atoms with Gasteiger partial charge in [0.15, 0.2) is 5.82 Å². The van der Waals surface area contributed by atoms with E-state index in [4.69, 9.17) is 11.0 Å². The number of nitrogens with two attached hydrogens (primary N) is 1. The van der Waals surface area contributed by atoms with Crippen molar-refractivity contribution in [2.45, 2.75) is 32.7 Å². The van der Waals surface area contributed by atoms with Crippen molar-refractivity contribution >= 4 is 11.5 Å². The average Bonchev–Trinajstić information content (AvgIpc) is 2.28. The number of rotatable bonds is 3. The van der Waals surface area contributed by atoms with Crippen LogP contribution in [0, 0.1) is 11.3 Å². The zero-order valence-electron chi connectivity index (χ0n) is 10.3. The van der Waals surface area contributed by atoms with Crippen molar-refractivity contribution in [3.63, 3.8) is 0 Å². The molecule has 0 aliphatic carbocycles. The Bertz CT molecular complexity index is 418. The Balaban J connectivity index is 3.20. The molecule has 1 rings (SSSR count). The summed E-state index contributed by atoms with van der Waals surface area (Å²) in [6.07, 6.45) is 2.59. The van der Waals surface area contributed by atoms with E-state index in [-0.39, 0.29) is 5.54 Å². The zero-order chi connectivity index (χ0) is 12.3. The molecule has 0 spiro atoms. The van der Waals surface area contributed by atoms with E-state index in [1.165, 1.54) is 0 Å². The van der Waals surface area contributed by atoms with E-state index < -0.39 is 0 Å². The minimum Gasteiger partial charge on any atom is -0.395 e. The van der Waals surface area contributed by atoms with Crippen molar-refractivity contribution in [2.75, 3.05) is 17.7 Å². The fraction of sp³-hybridized carbons (Fsp3) is 0.500. The number of nitrogens with zero attached hydrogens (tertiary/aromatic N) is 3. The minimum absolute atomic E-state index is 0.0325. The first-order valence-electron chi connectivity index (χ1n) is 5.32. The molecular weight excluding hydrogens is 200 g/mol. The molecule has 0 fully saturated rings. The van der Waals surface area contributed by atoms with Crippen LogP contribution in [0.25, 0.3) is 0 Å². The van der Waals surface area contributed by atoms with E-state index in [2.05, 4.69) is 31.8 Å². The van der Waals surface area contributed by atoms with Gasteiger partial charge in [-0.05, 0) is 26.3 Å². The molecule has 0 atom stereocenters. The first-order chi connectivity index (χ1) is 7.44. The molecule has 86 valence electrons. The Kier molecular flexibility index (Phi) is 3.38. The summed E-state index contributed by atoms with van der Waals surface area (Å²) in [6.45, 7) is 6.35. The first-order valence-corrected chi connectivity index (χ1v) is 5.32. The summed E-state index contributed by atoms with van der Waals surface area (Å²) in [6, 6.07) is 3.70. The molecule has 0 unspecified atom stereocenters. The molecule has 0 bridgehead atoms. The molecule has 16 heavy (non-hydrogen) atoms. The largest absolute Gasteiger partial charge is 0.395 e. The SMILES string of the molecule is CCC(C)(C)N(C)c1nccc(C#N)c1N. The van der Waals surface area contributed by atoms with Gasteiger partial charge in [0.25, 0.3) is 0 Å². The maximum atomic E-state index is 8.91. The molecule has 1 aromatic heterocycles. The highest BCUT2D eigenvalue weighted by atomic mass is 15.2. The summed E-state index contributed by atoms with van der Waals surface area (Å²) in [5.41, 5.74) is 6.82. The Hall–Kier alpha value is -1.76. The molecule has 1 heterocycles. The molecule has 4 nitrogen and oxygen atoms in total. The van der Waals surface area contributed by atoms with Crippen LogP contribution in [0.4, 0.5) is 11.5 Å². The molecule has 0 amide bonds. The predicted molar refractivity (Wildman–Crippen MR) is 66.1 cm³/mol. The van der Waals surface area contributed by atoms with Gasteiger partial charge in [-0.1, -0.05) is 6.92 Å². The third kappa shape index (κ3) is 2.08. The van der Waals surface area contributed by atoms with Gasteiger partial charge in [-0.2, -0.15) is 5.26 Å². The summed E-state index contributed by atoms with van der Waals surface area (Å²) in [7, 11) is 1.95. The van der Waals surface area contributed by atoms with Gasteiger partial charge < -0.3 is 10.6 Å². The Morgan fingerprint density at radius 2 is 2.19 bits per heavy atom. The lowest BCUT2D eigenvalue weighted by molar-refractivity contribution is 0.468. The zero-order valence-corrected chi connectivity index (χ0v) is 10.3. The van der Waals surface area contributed by atoms with Gasteiger partial charge in [0, 0.05) is 18.8 Å². The van der Waals surface area contributed by atoms with Crippen LogP contribution in [0.2, 0.25) is 0 Å². The van der Waals surface area contributed by atoms with E-state index >= 15 is 0 Å². The van der Waals surface area contributed by atoms with Crippen molar-refractivity contribution in [3.8, 4) is 6.07 Å². The van der Waals surface area contributed by atoms with Gasteiger partial charge in [0.05, 0.1) is 11.3 Å². The van der Waals surface area contributed by atoms with Crippen LogP contribution < -0.4 is 10.6 Å². The van der Waals surface area contributed by atoms with Crippen LogP contribution in [0.3, 0.4) is 0 Å². The fourth-order valence-corrected chi connectivity index (χ4v) is 1.35. The van der Waals surface area contributed by atoms with Gasteiger partial charge in [-0.15, -0.1) is 0 Å². The van der Waals surface area contributed by atoms with Crippen molar-refractivity contribution in [2.24, 2.45) is 0 Å². The summed E-state index contributed by atoms with van der Waals surface area (Å²) in [5, 5.41) is 8.91. The number of pyridine rings is 1. The molecule has 0 saturated heterocycles. The maximum absolute atomic E-state index is 8.91. The van der Waals surface area contributed by atoms with Crippen LogP contribution in [-0.4, -0.2) is 17.6 Å². The first kappa shape index (κ1) is 12.3. The van der Waals surface area contributed by atoms with Crippen molar-refractivity contribution in [3.05, 3.63) is 17.8 Å². The molecule has 0 aromatic carbocycles. The quantitative estimate of drug-likeness (QED) is 0.844. The van der Waals surface area contributed by atoms with Gasteiger partial charge in [-0.3, -0.25) is 0 Å². The lowest BCUT2D eigenvalue weighted by Gasteiger charge is -2.36. The lowest BCUT2D eigenvalue weighted by atomic mass is 9.99. The third-order valence-electron chi connectivity index (χ3n) is 3.18. The van der Waals surface area contributed by atoms with E-state index in [1.807, 2.05) is 11.9 Å². The van der Waals surface area contributed by atoms with Crippen molar-refractivity contribution in [1.82, 2.24) is 4.98 Å². The van der Waals surface area contributed by atoms with E-state index in [0.29, 0.717) is 17.1 Å². The average molecular weight is 218 g/mol. The van der Waals surface area contributed by atoms with Crippen LogP contribution in [0.15, 0.2) is 12.3 Å². The number of hydrogen-bond donors (Lipinski definition) is 1. The highest BCUT2D eigenvalue weighted by molar-refractivity contribution is 5.70. The number of nitriles is 1. The Labute approximate surface area is 96.7 Å².